The molecule has 0 fully saturated rings. The van der Waals surface area contributed by atoms with E-state index in [1.54, 1.807) is 13.3 Å². The number of hydrogen-bond donors (Lipinski definition) is 1. The maximum absolute atomic E-state index is 5.88. The third-order valence-corrected chi connectivity index (χ3v) is 2.98. The minimum atomic E-state index is 0.251. The van der Waals surface area contributed by atoms with Crippen LogP contribution in [0.25, 0.3) is 22.5 Å². The van der Waals surface area contributed by atoms with Gasteiger partial charge in [0.2, 0.25) is 5.88 Å². The summed E-state index contributed by atoms with van der Waals surface area (Å²) in [7, 11) is 1.62. The maximum Gasteiger partial charge on any atom is 0.232 e. The number of nitrogens with two attached hydrogens (primary N) is 1. The van der Waals surface area contributed by atoms with Crippen LogP contribution >= 0.6 is 0 Å². The quantitative estimate of drug-likeness (QED) is 0.789. The second-order valence-electron chi connectivity index (χ2n) is 4.22. The minimum Gasteiger partial charge on any atom is -0.497 e. The van der Waals surface area contributed by atoms with Gasteiger partial charge >= 0.3 is 0 Å². The highest BCUT2D eigenvalue weighted by atomic mass is 16.5. The summed E-state index contributed by atoms with van der Waals surface area (Å²) < 4.78 is 10.3. The second-order valence-corrected chi connectivity index (χ2v) is 4.22. The van der Waals surface area contributed by atoms with Gasteiger partial charge in [-0.2, -0.15) is 0 Å². The molecule has 0 atom stereocenters. The van der Waals surface area contributed by atoms with Crippen LogP contribution in [0, 0.1) is 0 Å². The Morgan fingerprint density at radius 2 is 2.05 bits per heavy atom. The van der Waals surface area contributed by atoms with Crippen LogP contribution in [0.2, 0.25) is 0 Å². The monoisotopic (exact) mass is 267 g/mol. The summed E-state index contributed by atoms with van der Waals surface area (Å²) in [6.45, 7) is 0. The predicted molar refractivity (Wildman–Crippen MR) is 76.1 cm³/mol. The summed E-state index contributed by atoms with van der Waals surface area (Å²) in [6, 6.07) is 13.2. The fourth-order valence-electron chi connectivity index (χ4n) is 2.03. The molecule has 2 N–H and O–H groups in total. The van der Waals surface area contributed by atoms with Crippen LogP contribution < -0.4 is 10.5 Å². The van der Waals surface area contributed by atoms with Crippen molar-refractivity contribution in [1.29, 1.82) is 0 Å². The number of pyridine rings is 1. The molecule has 100 valence electrons. The largest absolute Gasteiger partial charge is 0.497 e. The van der Waals surface area contributed by atoms with Gasteiger partial charge in [0.15, 0.2) is 0 Å². The molecule has 0 radical (unpaired) electrons. The number of ether oxygens (including phenoxy) is 1. The van der Waals surface area contributed by atoms with Crippen LogP contribution in [-0.4, -0.2) is 17.3 Å². The molecule has 3 aromatic rings. The zero-order valence-corrected chi connectivity index (χ0v) is 10.9. The molecular formula is C15H13N3O2. The zero-order valence-electron chi connectivity index (χ0n) is 10.9. The highest BCUT2D eigenvalue weighted by Crippen LogP contribution is 2.35. The lowest BCUT2D eigenvalue weighted by Crippen LogP contribution is -1.90. The minimum absolute atomic E-state index is 0.251. The van der Waals surface area contributed by atoms with E-state index >= 15 is 0 Å². The first-order chi connectivity index (χ1) is 9.79. The third-order valence-electron chi connectivity index (χ3n) is 2.98. The van der Waals surface area contributed by atoms with Gasteiger partial charge in [0.1, 0.15) is 11.4 Å². The molecule has 3 rings (SSSR count). The summed E-state index contributed by atoms with van der Waals surface area (Å²) in [6.07, 6.45) is 1.71. The summed E-state index contributed by atoms with van der Waals surface area (Å²) in [5.41, 5.74) is 8.82. The lowest BCUT2D eigenvalue weighted by molar-refractivity contribution is 0.415. The molecule has 0 bridgehead atoms. The Hall–Kier alpha value is -2.82. The summed E-state index contributed by atoms with van der Waals surface area (Å²) in [5.74, 6) is 0.998. The number of anilines is 1. The molecule has 0 saturated carbocycles. The molecular weight excluding hydrogens is 254 g/mol. The first-order valence-electron chi connectivity index (χ1n) is 6.10. The molecule has 2 heterocycles. The molecule has 0 aliphatic rings. The molecule has 0 spiro atoms. The number of nitrogen functional groups attached to an aromatic ring is 1. The van der Waals surface area contributed by atoms with E-state index < -0.39 is 0 Å². The Labute approximate surface area is 116 Å². The van der Waals surface area contributed by atoms with Crippen LogP contribution in [0.4, 0.5) is 5.88 Å². The predicted octanol–water partition coefficient (Wildman–Crippen LogP) is 2.99. The number of methoxy groups -OCH3 is 1. The van der Waals surface area contributed by atoms with Crippen molar-refractivity contribution in [2.24, 2.45) is 0 Å². The van der Waals surface area contributed by atoms with E-state index in [-0.39, 0.29) is 5.88 Å². The van der Waals surface area contributed by atoms with Crippen molar-refractivity contribution in [3.05, 3.63) is 48.7 Å². The van der Waals surface area contributed by atoms with Gasteiger partial charge in [0.05, 0.1) is 18.4 Å². The van der Waals surface area contributed by atoms with Gasteiger partial charge in [-0.3, -0.25) is 4.98 Å². The second kappa shape index (κ2) is 5.05. The van der Waals surface area contributed by atoms with Gasteiger partial charge in [-0.05, 0) is 24.3 Å². The van der Waals surface area contributed by atoms with Gasteiger partial charge in [0.25, 0.3) is 0 Å². The van der Waals surface area contributed by atoms with Gasteiger partial charge < -0.3 is 15.0 Å². The standard InChI is InChI=1S/C15H13N3O2/c1-19-11-6-4-5-10(9-11)14-13(15(16)20-18-14)12-7-2-3-8-17-12/h2-9H,16H2,1H3. The molecule has 0 amide bonds. The average molecular weight is 267 g/mol. The number of rotatable bonds is 3. The Balaban J connectivity index is 2.16. The van der Waals surface area contributed by atoms with Crippen LogP contribution in [0.3, 0.4) is 0 Å². The molecule has 0 saturated heterocycles. The van der Waals surface area contributed by atoms with E-state index in [0.29, 0.717) is 11.3 Å². The fraction of sp³-hybridized carbons (Fsp3) is 0.0667. The van der Waals surface area contributed by atoms with Crippen LogP contribution in [0.5, 0.6) is 5.75 Å². The molecule has 5 nitrogen and oxygen atoms in total. The maximum atomic E-state index is 5.88. The topological polar surface area (TPSA) is 74.2 Å². The molecule has 2 aromatic heterocycles. The third kappa shape index (κ3) is 2.09. The molecule has 0 aliphatic heterocycles. The van der Waals surface area contributed by atoms with Crippen molar-refractivity contribution >= 4 is 5.88 Å². The van der Waals surface area contributed by atoms with E-state index in [0.717, 1.165) is 17.0 Å². The number of nitrogens with zero attached hydrogens (tertiary/aromatic N) is 2. The Bertz CT molecular complexity index is 723. The van der Waals surface area contributed by atoms with Crippen LogP contribution in [0.1, 0.15) is 0 Å². The number of hydrogen-bond acceptors (Lipinski definition) is 5. The van der Waals surface area contributed by atoms with Crippen molar-refractivity contribution in [2.75, 3.05) is 12.8 Å². The van der Waals surface area contributed by atoms with Gasteiger partial charge in [0, 0.05) is 11.8 Å². The van der Waals surface area contributed by atoms with Crippen molar-refractivity contribution in [1.82, 2.24) is 10.1 Å². The Morgan fingerprint density at radius 3 is 2.80 bits per heavy atom. The van der Waals surface area contributed by atoms with E-state index in [4.69, 9.17) is 15.0 Å². The van der Waals surface area contributed by atoms with Crippen LogP contribution in [0.15, 0.2) is 53.2 Å². The molecule has 0 unspecified atom stereocenters. The smallest absolute Gasteiger partial charge is 0.232 e. The van der Waals surface area contributed by atoms with Crippen molar-refractivity contribution in [2.45, 2.75) is 0 Å². The molecule has 0 aliphatic carbocycles. The van der Waals surface area contributed by atoms with E-state index in [9.17, 15) is 0 Å². The van der Waals surface area contributed by atoms with E-state index in [2.05, 4.69) is 10.1 Å². The van der Waals surface area contributed by atoms with Crippen molar-refractivity contribution in [3.8, 4) is 28.3 Å². The molecule has 1 aromatic carbocycles. The zero-order chi connectivity index (χ0) is 13.9. The van der Waals surface area contributed by atoms with Gasteiger partial charge in [-0.25, -0.2) is 0 Å². The van der Waals surface area contributed by atoms with Crippen molar-refractivity contribution in [3.63, 3.8) is 0 Å². The summed E-state index contributed by atoms with van der Waals surface area (Å²) in [5, 5.41) is 4.04. The van der Waals surface area contributed by atoms with Gasteiger partial charge in [-0.15, -0.1) is 0 Å². The highest BCUT2D eigenvalue weighted by Gasteiger charge is 2.18. The summed E-state index contributed by atoms with van der Waals surface area (Å²) in [4.78, 5) is 4.30. The Kier molecular flexibility index (Phi) is 3.09. The number of aromatic nitrogens is 2. The number of benzene rings is 1. The first kappa shape index (κ1) is 12.2. The lowest BCUT2D eigenvalue weighted by Gasteiger charge is -2.04. The SMILES string of the molecule is COc1cccc(-c2noc(N)c2-c2ccccn2)c1. The van der Waals surface area contributed by atoms with Gasteiger partial charge in [-0.1, -0.05) is 23.4 Å². The fourth-order valence-corrected chi connectivity index (χ4v) is 2.03. The van der Waals surface area contributed by atoms with Crippen molar-refractivity contribution < 1.29 is 9.26 Å². The van der Waals surface area contributed by atoms with E-state index in [1.807, 2.05) is 42.5 Å². The molecule has 5 heteroatoms. The normalized spacial score (nSPS) is 10.4. The summed E-state index contributed by atoms with van der Waals surface area (Å²) >= 11 is 0. The highest BCUT2D eigenvalue weighted by molar-refractivity contribution is 5.85. The Morgan fingerprint density at radius 1 is 1.15 bits per heavy atom. The van der Waals surface area contributed by atoms with E-state index in [1.165, 1.54) is 0 Å². The first-order valence-corrected chi connectivity index (χ1v) is 6.10. The van der Waals surface area contributed by atoms with Crippen LogP contribution in [-0.2, 0) is 0 Å². The molecule has 20 heavy (non-hydrogen) atoms. The lowest BCUT2D eigenvalue weighted by atomic mass is 10.0. The average Bonchev–Trinajstić information content (AvgIpc) is 2.90.